The zero-order valence-electron chi connectivity index (χ0n) is 18.6. The van der Waals surface area contributed by atoms with Crippen molar-refractivity contribution < 1.29 is 9.59 Å². The van der Waals surface area contributed by atoms with Crippen LogP contribution >= 0.6 is 23.2 Å². The number of carbonyl (C=O) groups excluding carboxylic acids is 2. The first-order chi connectivity index (χ1) is 16.0. The molecular formula is C25H30Cl2N4O2. The summed E-state index contributed by atoms with van der Waals surface area (Å²) >= 11 is 12.0. The number of nitrogens with zero attached hydrogens (tertiary/aromatic N) is 2. The summed E-state index contributed by atoms with van der Waals surface area (Å²) in [4.78, 5) is 30.0. The Kier molecular flexibility index (Phi) is 8.12. The van der Waals surface area contributed by atoms with Gasteiger partial charge in [0.25, 0.3) is 0 Å². The molecule has 2 heterocycles. The van der Waals surface area contributed by atoms with Crippen LogP contribution in [-0.4, -0.2) is 55.5 Å². The molecule has 0 radical (unpaired) electrons. The Balaban J connectivity index is 1.26. The zero-order chi connectivity index (χ0) is 23.2. The van der Waals surface area contributed by atoms with E-state index in [1.165, 1.54) is 5.69 Å². The largest absolute Gasteiger partial charge is 0.371 e. The summed E-state index contributed by atoms with van der Waals surface area (Å²) in [6, 6.07) is 15.1. The highest BCUT2D eigenvalue weighted by molar-refractivity contribution is 6.42. The van der Waals surface area contributed by atoms with Gasteiger partial charge in [-0.1, -0.05) is 47.8 Å². The first-order valence-electron chi connectivity index (χ1n) is 11.6. The molecule has 2 amide bonds. The zero-order valence-corrected chi connectivity index (χ0v) is 20.1. The van der Waals surface area contributed by atoms with Crippen LogP contribution in [0.4, 0.5) is 11.4 Å². The van der Waals surface area contributed by atoms with Gasteiger partial charge in [0.1, 0.15) is 0 Å². The fraction of sp³-hybridized carbons (Fsp3) is 0.440. The molecule has 2 atom stereocenters. The van der Waals surface area contributed by atoms with E-state index in [0.717, 1.165) is 45.3 Å². The van der Waals surface area contributed by atoms with Crippen molar-refractivity contribution in [2.75, 3.05) is 42.9 Å². The summed E-state index contributed by atoms with van der Waals surface area (Å²) < 4.78 is 0. The van der Waals surface area contributed by atoms with Crippen molar-refractivity contribution in [1.29, 1.82) is 0 Å². The number of para-hydroxylation sites is 1. The molecule has 2 aromatic rings. The third-order valence-electron chi connectivity index (χ3n) is 6.45. The molecule has 0 spiro atoms. The Morgan fingerprint density at radius 1 is 0.970 bits per heavy atom. The van der Waals surface area contributed by atoms with Gasteiger partial charge in [0, 0.05) is 31.0 Å². The molecule has 2 fully saturated rings. The van der Waals surface area contributed by atoms with Crippen LogP contribution in [0.5, 0.6) is 0 Å². The van der Waals surface area contributed by atoms with E-state index in [-0.39, 0.29) is 24.4 Å². The molecule has 2 aromatic carbocycles. The summed E-state index contributed by atoms with van der Waals surface area (Å²) in [5.74, 6) is 0.293. The molecule has 2 unspecified atom stereocenters. The number of halogens is 2. The van der Waals surface area contributed by atoms with E-state index in [0.29, 0.717) is 28.2 Å². The highest BCUT2D eigenvalue weighted by Gasteiger charge is 2.30. The molecule has 6 nitrogen and oxygen atoms in total. The van der Waals surface area contributed by atoms with Crippen LogP contribution in [0.3, 0.4) is 0 Å². The highest BCUT2D eigenvalue weighted by atomic mass is 35.5. The summed E-state index contributed by atoms with van der Waals surface area (Å²) in [7, 11) is 0. The molecular weight excluding hydrogens is 459 g/mol. The third-order valence-corrected chi connectivity index (χ3v) is 7.18. The molecule has 2 aliphatic rings. The lowest BCUT2D eigenvalue weighted by Crippen LogP contribution is -2.51. The Labute approximate surface area is 205 Å². The van der Waals surface area contributed by atoms with Crippen molar-refractivity contribution in [1.82, 2.24) is 10.2 Å². The molecule has 0 bridgehead atoms. The number of piperidine rings is 1. The number of nitrogens with one attached hydrogen (secondary N) is 2. The van der Waals surface area contributed by atoms with Crippen LogP contribution in [0.1, 0.15) is 25.7 Å². The molecule has 0 aromatic heterocycles. The van der Waals surface area contributed by atoms with Crippen LogP contribution in [-0.2, 0) is 9.59 Å². The fourth-order valence-corrected chi connectivity index (χ4v) is 4.95. The normalized spacial score (nSPS) is 21.1. The molecule has 2 N–H and O–H groups in total. The predicted molar refractivity (Wildman–Crippen MR) is 134 cm³/mol. The monoisotopic (exact) mass is 488 g/mol. The van der Waals surface area contributed by atoms with Gasteiger partial charge in [-0.15, -0.1) is 0 Å². The number of likely N-dealkylation sites (tertiary alicyclic amines) is 1. The van der Waals surface area contributed by atoms with Gasteiger partial charge in [0.2, 0.25) is 11.8 Å². The van der Waals surface area contributed by atoms with Gasteiger partial charge in [0.15, 0.2) is 0 Å². The van der Waals surface area contributed by atoms with E-state index in [1.807, 2.05) is 11.0 Å². The lowest BCUT2D eigenvalue weighted by molar-refractivity contribution is -0.127. The van der Waals surface area contributed by atoms with Crippen molar-refractivity contribution in [2.45, 2.75) is 31.7 Å². The summed E-state index contributed by atoms with van der Waals surface area (Å²) in [5, 5.41) is 6.85. The molecule has 4 rings (SSSR count). The first-order valence-corrected chi connectivity index (χ1v) is 12.3. The second-order valence-electron chi connectivity index (χ2n) is 8.84. The Morgan fingerprint density at radius 3 is 2.58 bits per heavy atom. The second-order valence-corrected chi connectivity index (χ2v) is 9.65. The van der Waals surface area contributed by atoms with Crippen LogP contribution in [0.2, 0.25) is 10.0 Å². The average molecular weight is 489 g/mol. The van der Waals surface area contributed by atoms with Gasteiger partial charge in [-0.25, -0.2) is 0 Å². The quantitative estimate of drug-likeness (QED) is 0.604. The van der Waals surface area contributed by atoms with Gasteiger partial charge in [-0.05, 0) is 62.1 Å². The number of amides is 2. The maximum atomic E-state index is 12.9. The van der Waals surface area contributed by atoms with Crippen molar-refractivity contribution in [3.8, 4) is 0 Å². The van der Waals surface area contributed by atoms with Crippen LogP contribution in [0.15, 0.2) is 48.5 Å². The second kappa shape index (κ2) is 11.2. The summed E-state index contributed by atoms with van der Waals surface area (Å²) in [6.07, 6.45) is 3.75. The molecule has 0 aliphatic carbocycles. The molecule has 2 saturated heterocycles. The number of carbonyl (C=O) groups is 2. The molecule has 33 heavy (non-hydrogen) atoms. The minimum absolute atomic E-state index is 0.0256. The van der Waals surface area contributed by atoms with E-state index in [4.69, 9.17) is 23.2 Å². The molecule has 8 heteroatoms. The minimum Gasteiger partial charge on any atom is -0.371 e. The SMILES string of the molecule is O=C(CN1CCCCC1C(=O)Nc1ccc(Cl)c(Cl)c1)NCC1CCN(c2ccccc2)C1. The minimum atomic E-state index is -0.334. The Morgan fingerprint density at radius 2 is 1.79 bits per heavy atom. The number of hydrogen-bond acceptors (Lipinski definition) is 4. The maximum absolute atomic E-state index is 12.9. The number of benzene rings is 2. The van der Waals surface area contributed by atoms with Gasteiger partial charge in [-0.2, -0.15) is 0 Å². The van der Waals surface area contributed by atoms with Crippen molar-refractivity contribution in [2.24, 2.45) is 5.92 Å². The molecule has 2 aliphatic heterocycles. The van der Waals surface area contributed by atoms with Crippen LogP contribution in [0, 0.1) is 5.92 Å². The number of anilines is 2. The van der Waals surface area contributed by atoms with Gasteiger partial charge in [0.05, 0.1) is 22.6 Å². The lowest BCUT2D eigenvalue weighted by atomic mass is 10.0. The maximum Gasteiger partial charge on any atom is 0.241 e. The fourth-order valence-electron chi connectivity index (χ4n) is 4.65. The smallest absolute Gasteiger partial charge is 0.241 e. The average Bonchev–Trinajstić information content (AvgIpc) is 3.30. The van der Waals surface area contributed by atoms with E-state index in [9.17, 15) is 9.59 Å². The van der Waals surface area contributed by atoms with Crippen molar-refractivity contribution in [3.63, 3.8) is 0 Å². The van der Waals surface area contributed by atoms with Crippen LogP contribution in [0.25, 0.3) is 0 Å². The summed E-state index contributed by atoms with van der Waals surface area (Å²) in [5.41, 5.74) is 1.84. The van der Waals surface area contributed by atoms with Gasteiger partial charge in [-0.3, -0.25) is 14.5 Å². The summed E-state index contributed by atoms with van der Waals surface area (Å²) in [6.45, 7) is 3.58. The predicted octanol–water partition coefficient (Wildman–Crippen LogP) is 4.43. The molecule has 0 saturated carbocycles. The van der Waals surface area contributed by atoms with E-state index in [2.05, 4.69) is 39.8 Å². The Hall–Kier alpha value is -2.28. The highest BCUT2D eigenvalue weighted by Crippen LogP contribution is 2.26. The number of hydrogen-bond donors (Lipinski definition) is 2. The van der Waals surface area contributed by atoms with Crippen LogP contribution < -0.4 is 15.5 Å². The third kappa shape index (κ3) is 6.40. The standard InChI is InChI=1S/C25H30Cl2N4O2/c26-21-10-9-19(14-22(21)27)29-25(33)23-8-4-5-12-31(23)17-24(32)28-15-18-11-13-30(16-18)20-6-2-1-3-7-20/h1-3,6-7,9-10,14,18,23H,4-5,8,11-13,15-17H2,(H,28,32)(H,29,33). The van der Waals surface area contributed by atoms with E-state index in [1.54, 1.807) is 18.2 Å². The molecule has 176 valence electrons. The Bertz CT molecular complexity index is 972. The lowest BCUT2D eigenvalue weighted by Gasteiger charge is -2.34. The van der Waals surface area contributed by atoms with E-state index >= 15 is 0 Å². The number of rotatable bonds is 7. The topological polar surface area (TPSA) is 64.7 Å². The van der Waals surface area contributed by atoms with Crippen molar-refractivity contribution in [3.05, 3.63) is 58.6 Å². The van der Waals surface area contributed by atoms with Crippen molar-refractivity contribution >= 4 is 46.4 Å². The van der Waals surface area contributed by atoms with Gasteiger partial charge < -0.3 is 15.5 Å². The first kappa shape index (κ1) is 23.9. The van der Waals surface area contributed by atoms with E-state index < -0.39 is 0 Å². The van der Waals surface area contributed by atoms with Gasteiger partial charge >= 0.3 is 0 Å².